The van der Waals surface area contributed by atoms with Crippen LogP contribution < -0.4 is 5.32 Å². The highest BCUT2D eigenvalue weighted by atomic mass is 127. The Morgan fingerprint density at radius 3 is 2.53 bits per heavy atom. The third kappa shape index (κ3) is 5.70. The molecule has 3 heterocycles. The molecule has 4 rings (SSSR count). The van der Waals surface area contributed by atoms with Gasteiger partial charge in [-0.2, -0.15) is 0 Å². The monoisotopic (exact) mass is 548 g/mol. The second-order valence-electron chi connectivity index (χ2n) is 7.58. The van der Waals surface area contributed by atoms with Gasteiger partial charge in [0.15, 0.2) is 11.7 Å². The molecule has 1 fully saturated rings. The summed E-state index contributed by atoms with van der Waals surface area (Å²) >= 11 is 0. The SMILES string of the molecule is CN=C(NCc1cccc(Cn2ccnc2C)c1)N1CCN(C(=O)c2ccco2)CC1.I. The first-order valence-electron chi connectivity index (χ1n) is 10.5. The molecule has 2 aromatic heterocycles. The molecule has 1 aliphatic rings. The average molecular weight is 548 g/mol. The molecule has 0 atom stereocenters. The number of carbonyl (C=O) groups is 1. The van der Waals surface area contributed by atoms with Crippen LogP contribution in [0, 0.1) is 6.92 Å². The second-order valence-corrected chi connectivity index (χ2v) is 7.58. The molecule has 0 radical (unpaired) electrons. The van der Waals surface area contributed by atoms with Crippen LogP contribution in [0.2, 0.25) is 0 Å². The third-order valence-electron chi connectivity index (χ3n) is 5.53. The molecule has 8 nitrogen and oxygen atoms in total. The van der Waals surface area contributed by atoms with Gasteiger partial charge in [0.05, 0.1) is 6.26 Å². The summed E-state index contributed by atoms with van der Waals surface area (Å²) < 4.78 is 7.37. The second kappa shape index (κ2) is 11.2. The van der Waals surface area contributed by atoms with Crippen molar-refractivity contribution in [3.05, 3.63) is 77.8 Å². The quantitative estimate of drug-likeness (QED) is 0.302. The summed E-state index contributed by atoms with van der Waals surface area (Å²) in [5, 5.41) is 3.46. The fraction of sp³-hybridized carbons (Fsp3) is 0.348. The Kier molecular flexibility index (Phi) is 8.32. The van der Waals surface area contributed by atoms with E-state index in [1.54, 1.807) is 19.2 Å². The summed E-state index contributed by atoms with van der Waals surface area (Å²) in [7, 11) is 1.79. The molecule has 0 spiro atoms. The fourth-order valence-electron chi connectivity index (χ4n) is 3.80. The number of piperazine rings is 1. The van der Waals surface area contributed by atoms with Gasteiger partial charge in [0, 0.05) is 58.7 Å². The van der Waals surface area contributed by atoms with E-state index in [0.717, 1.165) is 31.4 Å². The van der Waals surface area contributed by atoms with E-state index in [-0.39, 0.29) is 29.9 Å². The van der Waals surface area contributed by atoms with Gasteiger partial charge in [0.2, 0.25) is 0 Å². The summed E-state index contributed by atoms with van der Waals surface area (Å²) in [6.07, 6.45) is 5.35. The van der Waals surface area contributed by atoms with Gasteiger partial charge in [0.1, 0.15) is 5.82 Å². The number of guanidine groups is 1. The van der Waals surface area contributed by atoms with Crippen LogP contribution >= 0.6 is 24.0 Å². The van der Waals surface area contributed by atoms with E-state index in [0.29, 0.717) is 25.4 Å². The first kappa shape index (κ1) is 23.8. The lowest BCUT2D eigenvalue weighted by Gasteiger charge is -2.36. The number of aromatic nitrogens is 2. The minimum atomic E-state index is -0.0578. The van der Waals surface area contributed by atoms with Crippen LogP contribution in [0.4, 0.5) is 0 Å². The molecule has 170 valence electrons. The molecule has 1 saturated heterocycles. The third-order valence-corrected chi connectivity index (χ3v) is 5.53. The molecule has 0 saturated carbocycles. The Morgan fingerprint density at radius 1 is 1.12 bits per heavy atom. The molecule has 1 aliphatic heterocycles. The highest BCUT2D eigenvalue weighted by molar-refractivity contribution is 14.0. The van der Waals surface area contributed by atoms with Crippen molar-refractivity contribution in [2.45, 2.75) is 20.0 Å². The summed E-state index contributed by atoms with van der Waals surface area (Å²) in [5.74, 6) is 2.19. The number of imidazole rings is 1. The summed E-state index contributed by atoms with van der Waals surface area (Å²) in [6, 6.07) is 12.0. The first-order chi connectivity index (χ1) is 15.1. The average Bonchev–Trinajstić information content (AvgIpc) is 3.47. The van der Waals surface area contributed by atoms with Crippen LogP contribution in [0.1, 0.15) is 27.5 Å². The lowest BCUT2D eigenvalue weighted by Crippen LogP contribution is -2.53. The van der Waals surface area contributed by atoms with Crippen molar-refractivity contribution in [1.82, 2.24) is 24.7 Å². The molecule has 0 bridgehead atoms. The Balaban J connectivity index is 0.00000289. The van der Waals surface area contributed by atoms with Gasteiger partial charge in [-0.15, -0.1) is 24.0 Å². The van der Waals surface area contributed by atoms with E-state index in [1.807, 2.05) is 24.2 Å². The number of hydrogen-bond donors (Lipinski definition) is 1. The number of furan rings is 1. The molecule has 1 aromatic carbocycles. The number of nitrogens with zero attached hydrogens (tertiary/aromatic N) is 5. The minimum Gasteiger partial charge on any atom is -0.459 e. The highest BCUT2D eigenvalue weighted by Gasteiger charge is 2.25. The molecule has 1 amide bonds. The Morgan fingerprint density at radius 2 is 1.88 bits per heavy atom. The Bertz CT molecular complexity index is 1040. The summed E-state index contributed by atoms with van der Waals surface area (Å²) in [5.41, 5.74) is 2.43. The van der Waals surface area contributed by atoms with Gasteiger partial charge in [-0.1, -0.05) is 24.3 Å². The van der Waals surface area contributed by atoms with Crippen LogP contribution in [0.3, 0.4) is 0 Å². The minimum absolute atomic E-state index is 0. The zero-order valence-electron chi connectivity index (χ0n) is 18.4. The van der Waals surface area contributed by atoms with Gasteiger partial charge >= 0.3 is 0 Å². The van der Waals surface area contributed by atoms with Crippen molar-refractivity contribution in [2.75, 3.05) is 33.2 Å². The lowest BCUT2D eigenvalue weighted by molar-refractivity contribution is 0.0657. The van der Waals surface area contributed by atoms with Gasteiger partial charge in [-0.25, -0.2) is 4.98 Å². The maximum Gasteiger partial charge on any atom is 0.289 e. The van der Waals surface area contributed by atoms with Crippen molar-refractivity contribution in [2.24, 2.45) is 4.99 Å². The lowest BCUT2D eigenvalue weighted by atomic mass is 10.1. The summed E-state index contributed by atoms with van der Waals surface area (Å²) in [6.45, 7) is 6.24. The molecular formula is C23H29IN6O2. The molecule has 3 aromatic rings. The maximum atomic E-state index is 12.4. The Hall–Kier alpha value is -2.82. The zero-order chi connectivity index (χ0) is 21.6. The molecule has 0 unspecified atom stereocenters. The number of carbonyl (C=O) groups excluding carboxylic acids is 1. The van der Waals surface area contributed by atoms with Gasteiger partial charge < -0.3 is 24.1 Å². The van der Waals surface area contributed by atoms with E-state index in [9.17, 15) is 4.79 Å². The van der Waals surface area contributed by atoms with Crippen molar-refractivity contribution in [3.63, 3.8) is 0 Å². The molecule has 9 heteroatoms. The predicted molar refractivity (Wildman–Crippen MR) is 134 cm³/mol. The number of rotatable bonds is 5. The number of benzene rings is 1. The fourth-order valence-corrected chi connectivity index (χ4v) is 3.80. The molecular weight excluding hydrogens is 519 g/mol. The van der Waals surface area contributed by atoms with Crippen LogP contribution in [0.15, 0.2) is 64.5 Å². The van der Waals surface area contributed by atoms with Crippen LogP contribution in [-0.2, 0) is 13.1 Å². The van der Waals surface area contributed by atoms with E-state index >= 15 is 0 Å². The first-order valence-corrected chi connectivity index (χ1v) is 10.5. The number of aliphatic imine (C=N–C) groups is 1. The molecule has 1 N–H and O–H groups in total. The smallest absolute Gasteiger partial charge is 0.289 e. The number of nitrogens with one attached hydrogen (secondary N) is 1. The predicted octanol–water partition coefficient (Wildman–Crippen LogP) is 2.98. The number of hydrogen-bond acceptors (Lipinski definition) is 4. The largest absolute Gasteiger partial charge is 0.459 e. The number of aryl methyl sites for hydroxylation is 1. The summed E-state index contributed by atoms with van der Waals surface area (Å²) in [4.78, 5) is 25.2. The number of amides is 1. The van der Waals surface area contributed by atoms with Crippen molar-refractivity contribution in [1.29, 1.82) is 0 Å². The van der Waals surface area contributed by atoms with E-state index in [1.165, 1.54) is 17.4 Å². The molecule has 0 aliphatic carbocycles. The van der Waals surface area contributed by atoms with Gasteiger partial charge in [-0.05, 0) is 30.2 Å². The van der Waals surface area contributed by atoms with Gasteiger partial charge in [0.25, 0.3) is 5.91 Å². The van der Waals surface area contributed by atoms with E-state index < -0.39 is 0 Å². The van der Waals surface area contributed by atoms with Crippen LogP contribution in [0.5, 0.6) is 0 Å². The van der Waals surface area contributed by atoms with Crippen molar-refractivity contribution in [3.8, 4) is 0 Å². The van der Waals surface area contributed by atoms with E-state index in [2.05, 4.69) is 49.0 Å². The Labute approximate surface area is 205 Å². The number of halogens is 1. The van der Waals surface area contributed by atoms with Gasteiger partial charge in [-0.3, -0.25) is 9.79 Å². The normalized spacial score (nSPS) is 14.2. The van der Waals surface area contributed by atoms with Crippen molar-refractivity contribution < 1.29 is 9.21 Å². The standard InChI is InChI=1S/C23H28N6O2.HI/c1-18-25-8-9-29(18)17-20-6-3-5-19(15-20)16-26-23(24-2)28-12-10-27(11-13-28)22(30)21-7-4-14-31-21;/h3-9,14-15H,10-13,16-17H2,1-2H3,(H,24,26);1H. The molecule has 32 heavy (non-hydrogen) atoms. The topological polar surface area (TPSA) is 78.9 Å². The van der Waals surface area contributed by atoms with Crippen molar-refractivity contribution >= 4 is 35.8 Å². The van der Waals surface area contributed by atoms with E-state index in [4.69, 9.17) is 4.42 Å². The maximum absolute atomic E-state index is 12.4. The highest BCUT2D eigenvalue weighted by Crippen LogP contribution is 2.11. The van der Waals surface area contributed by atoms with Crippen LogP contribution in [-0.4, -0.2) is 64.4 Å². The van der Waals surface area contributed by atoms with Crippen LogP contribution in [0.25, 0.3) is 0 Å². The zero-order valence-corrected chi connectivity index (χ0v) is 20.7.